The van der Waals surface area contributed by atoms with Gasteiger partial charge in [-0.1, -0.05) is 6.08 Å². The highest BCUT2D eigenvalue weighted by Crippen LogP contribution is 2.64. The third-order valence-corrected chi connectivity index (χ3v) is 6.61. The Balaban J connectivity index is 1.83. The molecule has 0 bridgehead atoms. The Labute approximate surface area is 141 Å². The lowest BCUT2D eigenvalue weighted by Gasteiger charge is -2.45. The lowest BCUT2D eigenvalue weighted by molar-refractivity contribution is -0.134. The molecule has 0 aromatic carbocycles. The van der Waals surface area contributed by atoms with Gasteiger partial charge in [0.1, 0.15) is 5.83 Å². The third-order valence-electron chi connectivity index (χ3n) is 6.61. The van der Waals surface area contributed by atoms with E-state index < -0.39 is 5.54 Å². The molecule has 24 heavy (non-hydrogen) atoms. The first-order chi connectivity index (χ1) is 11.4. The van der Waals surface area contributed by atoms with Crippen LogP contribution in [0.25, 0.3) is 0 Å². The maximum Gasteiger partial charge on any atom is 0.261 e. The summed E-state index contributed by atoms with van der Waals surface area (Å²) in [7, 11) is 3.41. The molecule has 5 nitrogen and oxygen atoms in total. The second kappa shape index (κ2) is 5.15. The normalized spacial score (nSPS) is 41.5. The van der Waals surface area contributed by atoms with Crippen LogP contribution in [0.1, 0.15) is 38.5 Å². The predicted molar refractivity (Wildman–Crippen MR) is 88.8 cm³/mol. The van der Waals surface area contributed by atoms with E-state index in [0.29, 0.717) is 6.42 Å². The van der Waals surface area contributed by atoms with Crippen LogP contribution in [-0.2, 0) is 9.53 Å². The number of carbonyl (C=O) groups is 1. The number of hydrogen-bond donors (Lipinski definition) is 1. The summed E-state index contributed by atoms with van der Waals surface area (Å²) in [5.74, 6) is 0.142. The molecule has 6 heteroatoms. The van der Waals surface area contributed by atoms with E-state index in [4.69, 9.17) is 15.5 Å². The highest BCUT2D eigenvalue weighted by atomic mass is 19.1. The summed E-state index contributed by atoms with van der Waals surface area (Å²) in [6.07, 6.45) is 8.20. The monoisotopic (exact) mass is 333 g/mol. The number of halogens is 1. The van der Waals surface area contributed by atoms with Gasteiger partial charge in [-0.05, 0) is 49.7 Å². The fourth-order valence-electron chi connectivity index (χ4n) is 5.37. The van der Waals surface area contributed by atoms with Crippen molar-refractivity contribution in [3.63, 3.8) is 0 Å². The summed E-state index contributed by atoms with van der Waals surface area (Å²) in [6.45, 7) is 0. The van der Waals surface area contributed by atoms with Crippen LogP contribution >= 0.6 is 0 Å². The van der Waals surface area contributed by atoms with Crippen molar-refractivity contribution in [2.24, 2.45) is 22.1 Å². The number of ether oxygens (including phenoxy) is 1. The minimum absolute atomic E-state index is 0.0427. The largest absolute Gasteiger partial charge is 0.381 e. The number of amides is 1. The van der Waals surface area contributed by atoms with Gasteiger partial charge in [-0.25, -0.2) is 9.38 Å². The predicted octanol–water partition coefficient (Wildman–Crippen LogP) is 2.29. The van der Waals surface area contributed by atoms with E-state index in [1.165, 1.54) is 11.0 Å². The number of likely N-dealkylation sites (N-methyl/N-ethyl adjacent to an activating group) is 1. The molecule has 2 spiro atoms. The lowest BCUT2D eigenvalue weighted by atomic mass is 9.62. The average molecular weight is 333 g/mol. The summed E-state index contributed by atoms with van der Waals surface area (Å²) < 4.78 is 19.4. The molecule has 0 radical (unpaired) electrons. The van der Waals surface area contributed by atoms with E-state index in [1.807, 2.05) is 0 Å². The topological polar surface area (TPSA) is 67.9 Å². The summed E-state index contributed by atoms with van der Waals surface area (Å²) in [4.78, 5) is 19.4. The van der Waals surface area contributed by atoms with Gasteiger partial charge in [0.25, 0.3) is 5.91 Å². The number of guanidine groups is 1. The number of hydrogen-bond acceptors (Lipinski definition) is 4. The number of fused-ring (bicyclic) bond motifs is 3. The molecule has 0 aromatic heterocycles. The highest BCUT2D eigenvalue weighted by molar-refractivity contribution is 6.09. The maximum atomic E-state index is 13.9. The second-order valence-electron chi connectivity index (χ2n) is 7.60. The van der Waals surface area contributed by atoms with Crippen LogP contribution in [0.4, 0.5) is 4.39 Å². The van der Waals surface area contributed by atoms with Gasteiger partial charge in [-0.15, -0.1) is 0 Å². The zero-order valence-corrected chi connectivity index (χ0v) is 14.2. The van der Waals surface area contributed by atoms with Crippen molar-refractivity contribution in [3.05, 3.63) is 23.6 Å². The molecule has 2 atom stereocenters. The number of allylic oxidation sites excluding steroid dienone is 3. The smallest absolute Gasteiger partial charge is 0.261 e. The quantitative estimate of drug-likeness (QED) is 0.800. The number of nitrogens with two attached hydrogens (primary N) is 1. The average Bonchev–Trinajstić information content (AvgIpc) is 2.96. The van der Waals surface area contributed by atoms with Crippen LogP contribution in [0.3, 0.4) is 0 Å². The van der Waals surface area contributed by atoms with Crippen LogP contribution in [0.15, 0.2) is 28.5 Å². The zero-order chi connectivity index (χ0) is 17.1. The molecule has 3 aliphatic carbocycles. The third kappa shape index (κ3) is 1.83. The minimum Gasteiger partial charge on any atom is -0.381 e. The Hall–Kier alpha value is -1.69. The van der Waals surface area contributed by atoms with E-state index in [-0.39, 0.29) is 35.1 Å². The Bertz CT molecular complexity index is 676. The molecule has 4 rings (SSSR count). The first kappa shape index (κ1) is 15.8. The van der Waals surface area contributed by atoms with Crippen molar-refractivity contribution < 1.29 is 13.9 Å². The maximum absolute atomic E-state index is 13.9. The van der Waals surface area contributed by atoms with Gasteiger partial charge < -0.3 is 10.5 Å². The van der Waals surface area contributed by atoms with Crippen molar-refractivity contribution in [2.45, 2.75) is 50.2 Å². The Morgan fingerprint density at radius 2 is 2.08 bits per heavy atom. The summed E-state index contributed by atoms with van der Waals surface area (Å²) >= 11 is 0. The summed E-state index contributed by atoms with van der Waals surface area (Å²) in [5.41, 5.74) is 5.77. The van der Waals surface area contributed by atoms with Gasteiger partial charge >= 0.3 is 0 Å². The highest BCUT2D eigenvalue weighted by Gasteiger charge is 2.68. The zero-order valence-electron chi connectivity index (χ0n) is 14.2. The molecule has 1 amide bonds. The SMILES string of the molecule is COC1CCC2(CC1)C[C@H]1CC(F)=CC=C1C21N=C(N)N(C)C1=O. The van der Waals surface area contributed by atoms with Crippen LogP contribution < -0.4 is 5.73 Å². The Kier molecular flexibility index (Phi) is 3.39. The molecular formula is C18H24FN3O2. The molecule has 0 aromatic rings. The standard InChI is InChI=1S/C18H24FN3O2/c1-22-15(23)18(21-16(22)20)14-4-3-12(19)9-11(14)10-17(18)7-5-13(24-2)6-8-17/h3-4,11,13H,5-10H2,1-2H3,(H2,20,21)/t11-,13?,17?,18?/m1/s1. The van der Waals surface area contributed by atoms with Gasteiger partial charge in [0.15, 0.2) is 11.5 Å². The fourth-order valence-corrected chi connectivity index (χ4v) is 5.37. The summed E-state index contributed by atoms with van der Waals surface area (Å²) in [5, 5.41) is 0. The Morgan fingerprint density at radius 1 is 1.38 bits per heavy atom. The second-order valence-corrected chi connectivity index (χ2v) is 7.60. The van der Waals surface area contributed by atoms with Crippen LogP contribution in [0.5, 0.6) is 0 Å². The first-order valence-corrected chi connectivity index (χ1v) is 8.66. The van der Waals surface area contributed by atoms with Crippen molar-refractivity contribution in [1.29, 1.82) is 0 Å². The fraction of sp³-hybridized carbons (Fsp3) is 0.667. The van der Waals surface area contributed by atoms with Crippen LogP contribution in [-0.4, -0.2) is 42.6 Å². The Morgan fingerprint density at radius 3 is 2.67 bits per heavy atom. The molecule has 1 heterocycles. The number of carbonyl (C=O) groups excluding carboxylic acids is 1. The van der Waals surface area contributed by atoms with E-state index in [9.17, 15) is 9.18 Å². The molecule has 2 saturated carbocycles. The first-order valence-electron chi connectivity index (χ1n) is 8.66. The number of nitrogens with zero attached hydrogens (tertiary/aromatic N) is 2. The van der Waals surface area contributed by atoms with Gasteiger partial charge in [0.2, 0.25) is 0 Å². The van der Waals surface area contributed by atoms with Crippen molar-refractivity contribution >= 4 is 11.9 Å². The van der Waals surface area contributed by atoms with Crippen LogP contribution in [0, 0.1) is 11.3 Å². The molecule has 0 saturated heterocycles. The van der Waals surface area contributed by atoms with E-state index >= 15 is 0 Å². The molecule has 1 unspecified atom stereocenters. The number of rotatable bonds is 1. The lowest BCUT2D eigenvalue weighted by Crippen LogP contribution is -2.53. The summed E-state index contributed by atoms with van der Waals surface area (Å²) in [6, 6.07) is 0. The molecule has 1 aliphatic heterocycles. The molecule has 2 fully saturated rings. The van der Waals surface area contributed by atoms with Crippen LogP contribution in [0.2, 0.25) is 0 Å². The van der Waals surface area contributed by atoms with Crippen molar-refractivity contribution in [1.82, 2.24) is 4.90 Å². The van der Waals surface area contributed by atoms with Gasteiger partial charge in [0.05, 0.1) is 6.10 Å². The van der Waals surface area contributed by atoms with Crippen molar-refractivity contribution in [3.8, 4) is 0 Å². The van der Waals surface area contributed by atoms with Gasteiger partial charge in [-0.3, -0.25) is 9.69 Å². The van der Waals surface area contributed by atoms with E-state index in [2.05, 4.69) is 0 Å². The van der Waals surface area contributed by atoms with Crippen molar-refractivity contribution in [2.75, 3.05) is 14.2 Å². The molecule has 130 valence electrons. The molecule has 4 aliphatic rings. The van der Waals surface area contributed by atoms with Gasteiger partial charge in [-0.2, -0.15) is 0 Å². The number of methoxy groups -OCH3 is 1. The molecule has 2 N–H and O–H groups in total. The van der Waals surface area contributed by atoms with E-state index in [1.54, 1.807) is 20.2 Å². The minimum atomic E-state index is -0.938. The number of aliphatic imine (C=N–C) groups is 1. The molecular weight excluding hydrogens is 309 g/mol. The van der Waals surface area contributed by atoms with E-state index in [0.717, 1.165) is 37.7 Å². The van der Waals surface area contributed by atoms with Gasteiger partial charge in [0, 0.05) is 26.0 Å².